The van der Waals surface area contributed by atoms with E-state index in [1.807, 2.05) is 36.4 Å². The van der Waals surface area contributed by atoms with Crippen molar-refractivity contribution in [1.82, 2.24) is 20.0 Å². The molecule has 1 aliphatic rings. The Kier molecular flexibility index (Phi) is 4.92. The van der Waals surface area contributed by atoms with Crippen molar-refractivity contribution in [3.05, 3.63) is 48.2 Å². The maximum atomic E-state index is 12.6. The molecule has 1 fully saturated rings. The molecule has 28 heavy (non-hydrogen) atoms. The molecular formula is C20H22N6O2. The molecule has 3 heterocycles. The molecule has 1 amide bonds. The van der Waals surface area contributed by atoms with Crippen molar-refractivity contribution in [2.24, 2.45) is 7.05 Å². The number of carbonyl (C=O) groups excluding carboxylic acids is 1. The van der Waals surface area contributed by atoms with E-state index in [1.165, 1.54) is 20.0 Å². The highest BCUT2D eigenvalue weighted by atomic mass is 16.5. The van der Waals surface area contributed by atoms with Gasteiger partial charge in [-0.2, -0.15) is 0 Å². The average molecular weight is 378 g/mol. The van der Waals surface area contributed by atoms with Crippen molar-refractivity contribution in [2.45, 2.75) is 12.8 Å². The molecule has 1 saturated heterocycles. The smallest absolute Gasteiger partial charge is 0.262 e. The van der Waals surface area contributed by atoms with Crippen LogP contribution in [0.4, 0.5) is 11.5 Å². The Morgan fingerprint density at radius 3 is 2.68 bits per heavy atom. The molecule has 1 aliphatic heterocycles. The largest absolute Gasteiger partial charge is 0.479 e. The van der Waals surface area contributed by atoms with Gasteiger partial charge in [-0.3, -0.25) is 9.48 Å². The molecule has 8 heteroatoms. The van der Waals surface area contributed by atoms with Crippen LogP contribution in [0.5, 0.6) is 5.88 Å². The molecule has 0 bridgehead atoms. The van der Waals surface area contributed by atoms with Crippen LogP contribution in [0.1, 0.15) is 23.2 Å². The number of ether oxygens (including phenoxy) is 1. The first kappa shape index (κ1) is 18.0. The highest BCUT2D eigenvalue weighted by molar-refractivity contribution is 6.05. The SMILES string of the molecule is COc1nn(C)cc1C(=O)Nc1cccc(-c2ccc(N3CCCC3)nn2)c1. The predicted octanol–water partition coefficient (Wildman–Crippen LogP) is 2.74. The van der Waals surface area contributed by atoms with Gasteiger partial charge in [0.15, 0.2) is 5.82 Å². The lowest BCUT2D eigenvalue weighted by Gasteiger charge is -2.15. The van der Waals surface area contributed by atoms with Crippen molar-refractivity contribution in [3.63, 3.8) is 0 Å². The molecule has 0 saturated carbocycles. The van der Waals surface area contributed by atoms with Crippen LogP contribution in [0.2, 0.25) is 0 Å². The van der Waals surface area contributed by atoms with Crippen molar-refractivity contribution < 1.29 is 9.53 Å². The van der Waals surface area contributed by atoms with Gasteiger partial charge in [0.25, 0.3) is 5.91 Å². The summed E-state index contributed by atoms with van der Waals surface area (Å²) in [7, 11) is 3.23. The number of hydrogen-bond acceptors (Lipinski definition) is 6. The number of anilines is 2. The third-order valence-corrected chi connectivity index (χ3v) is 4.73. The standard InChI is InChI=1S/C20H22N6O2/c1-25-13-16(20(24-25)28-2)19(27)21-15-7-5-6-14(12-15)17-8-9-18(23-22-17)26-10-3-4-11-26/h5-9,12-13H,3-4,10-11H2,1-2H3,(H,21,27). The summed E-state index contributed by atoms with van der Waals surface area (Å²) in [6.07, 6.45) is 4.03. The molecule has 0 aliphatic carbocycles. The Bertz CT molecular complexity index is 977. The summed E-state index contributed by atoms with van der Waals surface area (Å²) in [6.45, 7) is 2.07. The van der Waals surface area contributed by atoms with Gasteiger partial charge in [0.1, 0.15) is 5.56 Å². The van der Waals surface area contributed by atoms with Crippen molar-refractivity contribution >= 4 is 17.4 Å². The summed E-state index contributed by atoms with van der Waals surface area (Å²) < 4.78 is 6.70. The van der Waals surface area contributed by atoms with Gasteiger partial charge in [-0.1, -0.05) is 12.1 Å². The number of benzene rings is 1. The minimum atomic E-state index is -0.280. The van der Waals surface area contributed by atoms with Crippen LogP contribution in [-0.4, -0.2) is 46.1 Å². The zero-order valence-electron chi connectivity index (χ0n) is 15.9. The molecule has 3 aromatic rings. The number of methoxy groups -OCH3 is 1. The number of nitrogens with zero attached hydrogens (tertiary/aromatic N) is 5. The number of nitrogens with one attached hydrogen (secondary N) is 1. The molecule has 4 rings (SSSR count). The number of amides is 1. The van der Waals surface area contributed by atoms with Crippen LogP contribution in [-0.2, 0) is 7.05 Å². The fraction of sp³-hybridized carbons (Fsp3) is 0.300. The highest BCUT2D eigenvalue weighted by Crippen LogP contribution is 2.24. The maximum Gasteiger partial charge on any atom is 0.262 e. The van der Waals surface area contributed by atoms with Gasteiger partial charge in [-0.15, -0.1) is 15.3 Å². The summed E-state index contributed by atoms with van der Waals surface area (Å²) >= 11 is 0. The molecule has 0 unspecified atom stereocenters. The van der Waals surface area contributed by atoms with E-state index < -0.39 is 0 Å². The molecule has 1 N–H and O–H groups in total. The Hall–Kier alpha value is -3.42. The third-order valence-electron chi connectivity index (χ3n) is 4.73. The fourth-order valence-corrected chi connectivity index (χ4v) is 3.32. The predicted molar refractivity (Wildman–Crippen MR) is 107 cm³/mol. The summed E-state index contributed by atoms with van der Waals surface area (Å²) in [6, 6.07) is 11.5. The zero-order chi connectivity index (χ0) is 19.5. The molecule has 0 radical (unpaired) electrons. The second-order valence-electron chi connectivity index (χ2n) is 6.73. The fourth-order valence-electron chi connectivity index (χ4n) is 3.32. The number of rotatable bonds is 5. The van der Waals surface area contributed by atoms with Crippen LogP contribution in [0.3, 0.4) is 0 Å². The number of carbonyl (C=O) groups is 1. The van der Waals surface area contributed by atoms with Crippen molar-refractivity contribution in [2.75, 3.05) is 30.4 Å². The van der Waals surface area contributed by atoms with E-state index in [0.29, 0.717) is 17.1 Å². The minimum Gasteiger partial charge on any atom is -0.479 e. The van der Waals surface area contributed by atoms with Gasteiger partial charge < -0.3 is 15.0 Å². The molecule has 8 nitrogen and oxygen atoms in total. The van der Waals surface area contributed by atoms with Gasteiger partial charge in [-0.05, 0) is 37.1 Å². The lowest BCUT2D eigenvalue weighted by Crippen LogP contribution is -2.19. The minimum absolute atomic E-state index is 0.280. The lowest BCUT2D eigenvalue weighted by atomic mass is 10.1. The number of aryl methyl sites for hydroxylation is 1. The van der Waals surface area contributed by atoms with Crippen LogP contribution in [0, 0.1) is 0 Å². The van der Waals surface area contributed by atoms with E-state index in [0.717, 1.165) is 30.2 Å². The first-order valence-corrected chi connectivity index (χ1v) is 9.22. The van der Waals surface area contributed by atoms with Crippen LogP contribution >= 0.6 is 0 Å². The van der Waals surface area contributed by atoms with Gasteiger partial charge in [0.05, 0.1) is 12.8 Å². The summed E-state index contributed by atoms with van der Waals surface area (Å²) in [4.78, 5) is 14.8. The van der Waals surface area contributed by atoms with Gasteiger partial charge in [-0.25, -0.2) is 0 Å². The number of hydrogen-bond donors (Lipinski definition) is 1. The third kappa shape index (κ3) is 3.66. The quantitative estimate of drug-likeness (QED) is 0.735. The maximum absolute atomic E-state index is 12.6. The molecule has 1 aromatic carbocycles. The van der Waals surface area contributed by atoms with Crippen molar-refractivity contribution in [1.29, 1.82) is 0 Å². The molecule has 0 spiro atoms. The Balaban J connectivity index is 1.52. The second-order valence-corrected chi connectivity index (χ2v) is 6.73. The topological polar surface area (TPSA) is 85.2 Å². The van der Waals surface area contributed by atoms with E-state index >= 15 is 0 Å². The lowest BCUT2D eigenvalue weighted by molar-refractivity contribution is 0.102. The Labute approximate surface area is 163 Å². The van der Waals surface area contributed by atoms with E-state index in [1.54, 1.807) is 17.9 Å². The van der Waals surface area contributed by atoms with E-state index in [-0.39, 0.29) is 5.91 Å². The monoisotopic (exact) mass is 378 g/mol. The molecule has 2 aromatic heterocycles. The summed E-state index contributed by atoms with van der Waals surface area (Å²) in [5, 5.41) is 15.7. The second kappa shape index (κ2) is 7.67. The Morgan fingerprint density at radius 2 is 1.96 bits per heavy atom. The summed E-state index contributed by atoms with van der Waals surface area (Å²) in [5.74, 6) is 0.923. The van der Waals surface area contributed by atoms with E-state index in [9.17, 15) is 4.79 Å². The zero-order valence-corrected chi connectivity index (χ0v) is 15.9. The van der Waals surface area contributed by atoms with Gasteiger partial charge in [0, 0.05) is 37.6 Å². The first-order valence-electron chi connectivity index (χ1n) is 9.22. The average Bonchev–Trinajstić information content (AvgIpc) is 3.38. The Morgan fingerprint density at radius 1 is 1.14 bits per heavy atom. The summed E-state index contributed by atoms with van der Waals surface area (Å²) in [5.41, 5.74) is 2.69. The normalized spacial score (nSPS) is 13.6. The molecular weight excluding hydrogens is 356 g/mol. The van der Waals surface area contributed by atoms with Crippen LogP contribution in [0.15, 0.2) is 42.6 Å². The van der Waals surface area contributed by atoms with E-state index in [4.69, 9.17) is 4.74 Å². The van der Waals surface area contributed by atoms with E-state index in [2.05, 4.69) is 25.5 Å². The first-order chi connectivity index (χ1) is 13.6. The molecule has 144 valence electrons. The molecule has 0 atom stereocenters. The van der Waals surface area contributed by atoms with Gasteiger partial charge >= 0.3 is 0 Å². The van der Waals surface area contributed by atoms with Crippen molar-refractivity contribution in [3.8, 4) is 17.1 Å². The number of aromatic nitrogens is 4. The van der Waals surface area contributed by atoms with Gasteiger partial charge in [0.2, 0.25) is 5.88 Å². The van der Waals surface area contributed by atoms with Crippen LogP contribution < -0.4 is 15.0 Å². The van der Waals surface area contributed by atoms with Crippen LogP contribution in [0.25, 0.3) is 11.3 Å². The highest BCUT2D eigenvalue weighted by Gasteiger charge is 2.17.